The Hall–Kier alpha value is -0.360. The van der Waals surface area contributed by atoms with E-state index in [2.05, 4.69) is 36.8 Å². The fourth-order valence-corrected chi connectivity index (χ4v) is 2.01. The van der Waals surface area contributed by atoms with E-state index in [4.69, 9.17) is 0 Å². The first-order valence-corrected chi connectivity index (χ1v) is 5.49. The summed E-state index contributed by atoms with van der Waals surface area (Å²) in [7, 11) is 0. The Bertz CT molecular complexity index is 357. The van der Waals surface area contributed by atoms with E-state index in [1.807, 2.05) is 0 Å². The van der Waals surface area contributed by atoms with Gasteiger partial charge in [0, 0.05) is 21.6 Å². The molecule has 0 aliphatic rings. The van der Waals surface area contributed by atoms with Crippen molar-refractivity contribution in [3.63, 3.8) is 0 Å². The number of carbonyl (C=O) groups is 1. The third-order valence-electron chi connectivity index (χ3n) is 1.63. The average molecular weight is 329 g/mol. The van der Waals surface area contributed by atoms with E-state index in [0.717, 1.165) is 0 Å². The molecule has 0 fully saturated rings. The highest BCUT2D eigenvalue weighted by atomic mass is 79.9. The number of rotatable bonds is 3. The second-order valence-corrected chi connectivity index (χ2v) is 3.79. The monoisotopic (exact) mass is 327 g/mol. The topological polar surface area (TPSA) is 30.0 Å². The SMILES string of the molecule is O=Cc1cnc(CBr)c(C(F)F)c1Br. The van der Waals surface area contributed by atoms with Crippen molar-refractivity contribution in [3.05, 3.63) is 27.5 Å². The summed E-state index contributed by atoms with van der Waals surface area (Å²) >= 11 is 6.01. The third kappa shape index (κ3) is 2.17. The molecule has 1 aromatic heterocycles. The summed E-state index contributed by atoms with van der Waals surface area (Å²) in [5, 5.41) is 0.227. The van der Waals surface area contributed by atoms with Gasteiger partial charge in [-0.15, -0.1) is 0 Å². The van der Waals surface area contributed by atoms with Crippen LogP contribution in [0.15, 0.2) is 10.7 Å². The Morgan fingerprint density at radius 1 is 1.57 bits per heavy atom. The number of pyridine rings is 1. The van der Waals surface area contributed by atoms with E-state index in [9.17, 15) is 13.6 Å². The van der Waals surface area contributed by atoms with E-state index >= 15 is 0 Å². The van der Waals surface area contributed by atoms with E-state index in [0.29, 0.717) is 6.29 Å². The molecule has 0 aliphatic carbocycles. The highest BCUT2D eigenvalue weighted by Gasteiger charge is 2.19. The van der Waals surface area contributed by atoms with Crippen LogP contribution in [0.25, 0.3) is 0 Å². The Balaban J connectivity index is 3.38. The molecule has 0 saturated carbocycles. The first-order valence-electron chi connectivity index (χ1n) is 3.58. The standard InChI is InChI=1S/C8H5Br2F2NO/c9-1-5-6(8(11)12)7(10)4(3-14)2-13-5/h2-3,8H,1H2. The zero-order chi connectivity index (χ0) is 10.7. The molecule has 0 N–H and O–H groups in total. The molecular weight excluding hydrogens is 324 g/mol. The molecule has 0 aromatic carbocycles. The van der Waals surface area contributed by atoms with Gasteiger partial charge in [0.15, 0.2) is 6.29 Å². The average Bonchev–Trinajstić information content (AvgIpc) is 2.16. The smallest absolute Gasteiger partial charge is 0.266 e. The number of aromatic nitrogens is 1. The summed E-state index contributed by atoms with van der Waals surface area (Å²) < 4.78 is 25.3. The molecule has 0 spiro atoms. The lowest BCUT2D eigenvalue weighted by atomic mass is 10.1. The van der Waals surface area contributed by atoms with Gasteiger partial charge in [0.1, 0.15) is 0 Å². The van der Waals surface area contributed by atoms with Gasteiger partial charge in [-0.1, -0.05) is 15.9 Å². The molecule has 2 nitrogen and oxygen atoms in total. The number of hydrogen-bond acceptors (Lipinski definition) is 2. The van der Waals surface area contributed by atoms with Gasteiger partial charge >= 0.3 is 0 Å². The van der Waals surface area contributed by atoms with E-state index in [-0.39, 0.29) is 26.6 Å². The minimum atomic E-state index is -2.65. The van der Waals surface area contributed by atoms with Crippen molar-refractivity contribution in [1.82, 2.24) is 4.98 Å². The van der Waals surface area contributed by atoms with Gasteiger partial charge in [0.25, 0.3) is 6.43 Å². The van der Waals surface area contributed by atoms with Crippen LogP contribution in [0.2, 0.25) is 0 Å². The summed E-state index contributed by atoms with van der Waals surface area (Å²) in [4.78, 5) is 14.2. The Morgan fingerprint density at radius 3 is 2.64 bits per heavy atom. The molecule has 0 unspecified atom stereocenters. The lowest BCUT2D eigenvalue weighted by Gasteiger charge is -2.09. The molecule has 1 heterocycles. The van der Waals surface area contributed by atoms with Crippen LogP contribution in [0.5, 0.6) is 0 Å². The lowest BCUT2D eigenvalue weighted by Crippen LogP contribution is -2.00. The third-order valence-corrected chi connectivity index (χ3v) is 3.05. The highest BCUT2D eigenvalue weighted by Crippen LogP contribution is 2.32. The molecule has 0 saturated heterocycles. The van der Waals surface area contributed by atoms with E-state index < -0.39 is 6.43 Å². The summed E-state index contributed by atoms with van der Waals surface area (Å²) in [6.07, 6.45) is -0.898. The number of nitrogens with zero attached hydrogens (tertiary/aromatic N) is 1. The minimum Gasteiger partial charge on any atom is -0.298 e. The molecule has 76 valence electrons. The number of hydrogen-bond donors (Lipinski definition) is 0. The number of aldehydes is 1. The van der Waals surface area contributed by atoms with Gasteiger partial charge in [0.05, 0.1) is 11.3 Å². The molecule has 1 aromatic rings. The summed E-state index contributed by atoms with van der Waals surface area (Å²) in [5.74, 6) is 0. The van der Waals surface area contributed by atoms with Crippen LogP contribution in [-0.2, 0) is 5.33 Å². The van der Waals surface area contributed by atoms with Crippen LogP contribution in [0, 0.1) is 0 Å². The van der Waals surface area contributed by atoms with Crippen LogP contribution < -0.4 is 0 Å². The molecule has 14 heavy (non-hydrogen) atoms. The normalized spacial score (nSPS) is 10.6. The second-order valence-electron chi connectivity index (χ2n) is 2.44. The minimum absolute atomic E-state index is 0.118. The quantitative estimate of drug-likeness (QED) is 0.628. The molecule has 1 rings (SSSR count). The lowest BCUT2D eigenvalue weighted by molar-refractivity contribution is 0.112. The first kappa shape index (κ1) is 11.7. The number of halogens is 4. The first-order chi connectivity index (χ1) is 6.61. The van der Waals surface area contributed by atoms with E-state index in [1.54, 1.807) is 0 Å². The molecule has 6 heteroatoms. The van der Waals surface area contributed by atoms with Gasteiger partial charge in [-0.05, 0) is 15.9 Å². The van der Waals surface area contributed by atoms with Crippen molar-refractivity contribution < 1.29 is 13.6 Å². The molecule has 0 radical (unpaired) electrons. The highest BCUT2D eigenvalue weighted by molar-refractivity contribution is 9.10. The largest absolute Gasteiger partial charge is 0.298 e. The maximum atomic E-state index is 12.6. The van der Waals surface area contributed by atoms with Gasteiger partial charge in [-0.25, -0.2) is 8.78 Å². The van der Waals surface area contributed by atoms with Crippen LogP contribution in [0.3, 0.4) is 0 Å². The number of alkyl halides is 3. The van der Waals surface area contributed by atoms with Crippen LogP contribution in [0.4, 0.5) is 8.78 Å². The van der Waals surface area contributed by atoms with Crippen molar-refractivity contribution in [1.29, 1.82) is 0 Å². The number of carbonyl (C=O) groups excluding carboxylic acids is 1. The molecule has 0 aliphatic heterocycles. The maximum absolute atomic E-state index is 12.6. The molecule has 0 amide bonds. The summed E-state index contributed by atoms with van der Waals surface area (Å²) in [6.45, 7) is 0. The van der Waals surface area contributed by atoms with Crippen molar-refractivity contribution in [2.45, 2.75) is 11.8 Å². The van der Waals surface area contributed by atoms with E-state index in [1.165, 1.54) is 6.20 Å². The van der Waals surface area contributed by atoms with Crippen molar-refractivity contribution >= 4 is 38.1 Å². The van der Waals surface area contributed by atoms with Gasteiger partial charge in [-0.2, -0.15) is 0 Å². The zero-order valence-corrected chi connectivity index (χ0v) is 9.98. The van der Waals surface area contributed by atoms with Gasteiger partial charge in [0.2, 0.25) is 0 Å². The van der Waals surface area contributed by atoms with Crippen molar-refractivity contribution in [3.8, 4) is 0 Å². The Morgan fingerprint density at radius 2 is 2.21 bits per heavy atom. The molecule has 0 bridgehead atoms. The summed E-state index contributed by atoms with van der Waals surface area (Å²) in [5.41, 5.74) is 0.133. The summed E-state index contributed by atoms with van der Waals surface area (Å²) in [6, 6.07) is 0. The van der Waals surface area contributed by atoms with Gasteiger partial charge < -0.3 is 0 Å². The van der Waals surface area contributed by atoms with Crippen molar-refractivity contribution in [2.75, 3.05) is 0 Å². The predicted molar refractivity (Wildman–Crippen MR) is 54.9 cm³/mol. The van der Waals surface area contributed by atoms with Crippen LogP contribution >= 0.6 is 31.9 Å². The van der Waals surface area contributed by atoms with Gasteiger partial charge in [-0.3, -0.25) is 9.78 Å². The fourth-order valence-electron chi connectivity index (χ4n) is 0.966. The molecular formula is C8H5Br2F2NO. The zero-order valence-electron chi connectivity index (χ0n) is 6.81. The second kappa shape index (κ2) is 4.93. The Labute approximate surface area is 96.0 Å². The van der Waals surface area contributed by atoms with Crippen LogP contribution in [-0.4, -0.2) is 11.3 Å². The van der Waals surface area contributed by atoms with Crippen LogP contribution in [0.1, 0.15) is 28.0 Å². The molecule has 0 atom stereocenters. The fraction of sp³-hybridized carbons (Fsp3) is 0.250. The van der Waals surface area contributed by atoms with Crippen molar-refractivity contribution in [2.24, 2.45) is 0 Å². The maximum Gasteiger partial charge on any atom is 0.266 e. The predicted octanol–water partition coefficient (Wildman–Crippen LogP) is 3.49. The Kier molecular flexibility index (Phi) is 4.12.